The fraction of sp³-hybridized carbons (Fsp3) is 0.714. The van der Waals surface area contributed by atoms with Gasteiger partial charge in [-0.3, -0.25) is 0 Å². The van der Waals surface area contributed by atoms with Gasteiger partial charge in [0.15, 0.2) is 0 Å². The molecule has 2 aliphatic carbocycles. The summed E-state index contributed by atoms with van der Waals surface area (Å²) >= 11 is 0. The molecule has 3 rings (SSSR count). The Balaban J connectivity index is 1.59. The number of alkyl halides is 2. The number of rotatable bonds is 4. The Labute approximate surface area is 139 Å². The van der Waals surface area contributed by atoms with E-state index in [1.165, 1.54) is 63.4 Å². The zero-order valence-electron chi connectivity index (χ0n) is 14.3. The zero-order chi connectivity index (χ0) is 16.2. The van der Waals surface area contributed by atoms with E-state index < -0.39 is 6.43 Å². The molecule has 0 unspecified atom stereocenters. The van der Waals surface area contributed by atoms with Crippen LogP contribution in [0.3, 0.4) is 0 Å². The first kappa shape index (κ1) is 16.9. The van der Waals surface area contributed by atoms with Crippen LogP contribution >= 0.6 is 0 Å². The fourth-order valence-corrected chi connectivity index (χ4v) is 4.94. The Bertz CT molecular complexity index is 471. The summed E-state index contributed by atoms with van der Waals surface area (Å²) in [5, 5.41) is 0. The zero-order valence-corrected chi connectivity index (χ0v) is 14.3. The Morgan fingerprint density at radius 1 is 0.913 bits per heavy atom. The van der Waals surface area contributed by atoms with Crippen LogP contribution < -0.4 is 0 Å². The number of hydrogen-bond acceptors (Lipinski definition) is 0. The molecule has 0 bridgehead atoms. The Hall–Kier alpha value is -0.920. The van der Waals surface area contributed by atoms with Crippen LogP contribution in [0, 0.1) is 17.8 Å². The van der Waals surface area contributed by atoms with Gasteiger partial charge < -0.3 is 0 Å². The second-order valence-corrected chi connectivity index (χ2v) is 7.78. The second-order valence-electron chi connectivity index (χ2n) is 7.78. The van der Waals surface area contributed by atoms with Crippen LogP contribution in [0.1, 0.15) is 88.2 Å². The minimum Gasteiger partial charge on any atom is -0.205 e. The van der Waals surface area contributed by atoms with Crippen LogP contribution in [0.4, 0.5) is 8.78 Å². The quantitative estimate of drug-likeness (QED) is 0.554. The fourth-order valence-electron chi connectivity index (χ4n) is 4.94. The van der Waals surface area contributed by atoms with Crippen molar-refractivity contribution in [1.82, 2.24) is 0 Å². The largest absolute Gasteiger partial charge is 0.263 e. The molecular weight excluding hydrogens is 290 g/mol. The predicted molar refractivity (Wildman–Crippen MR) is 91.8 cm³/mol. The summed E-state index contributed by atoms with van der Waals surface area (Å²) in [6, 6.07) is 7.14. The van der Waals surface area contributed by atoms with Gasteiger partial charge in [-0.2, -0.15) is 0 Å². The van der Waals surface area contributed by atoms with Crippen molar-refractivity contribution in [3.63, 3.8) is 0 Å². The van der Waals surface area contributed by atoms with Crippen molar-refractivity contribution in [3.05, 3.63) is 35.4 Å². The summed E-state index contributed by atoms with van der Waals surface area (Å²) in [7, 11) is 0. The Morgan fingerprint density at radius 2 is 1.61 bits per heavy atom. The highest BCUT2D eigenvalue weighted by molar-refractivity contribution is 5.26. The van der Waals surface area contributed by atoms with Crippen molar-refractivity contribution >= 4 is 0 Å². The van der Waals surface area contributed by atoms with Gasteiger partial charge in [-0.05, 0) is 54.9 Å². The lowest BCUT2D eigenvalue weighted by atomic mass is 9.67. The Kier molecular flexibility index (Phi) is 5.71. The molecule has 2 aliphatic rings. The van der Waals surface area contributed by atoms with E-state index in [-0.39, 0.29) is 5.56 Å². The molecule has 2 atom stereocenters. The monoisotopic (exact) mass is 320 g/mol. The molecule has 0 amide bonds. The molecule has 0 spiro atoms. The minimum atomic E-state index is -2.35. The number of benzene rings is 1. The molecule has 0 nitrogen and oxygen atoms in total. The van der Waals surface area contributed by atoms with Gasteiger partial charge in [0.25, 0.3) is 6.43 Å². The molecule has 128 valence electrons. The first-order valence-corrected chi connectivity index (χ1v) is 9.55. The van der Waals surface area contributed by atoms with E-state index in [1.807, 2.05) is 12.1 Å². The molecule has 0 N–H and O–H groups in total. The van der Waals surface area contributed by atoms with Gasteiger partial charge in [0.1, 0.15) is 0 Å². The average Bonchev–Trinajstić information content (AvgIpc) is 2.62. The third-order valence-corrected chi connectivity index (χ3v) is 6.51. The third kappa shape index (κ3) is 4.14. The molecule has 2 fully saturated rings. The van der Waals surface area contributed by atoms with Gasteiger partial charge in [-0.15, -0.1) is 0 Å². The molecular formula is C21H30F2. The van der Waals surface area contributed by atoms with Crippen LogP contribution in [-0.4, -0.2) is 0 Å². The standard InChI is InChI=1S/C21H30F2/c1-2-15-6-8-16(9-7-15)19-4-3-5-20(14-19)17-10-12-18(13-11-17)21(22)23/h10-13,15-16,19-21H,2-9,14H2,1H3/t15?,16?,19-,20-/m0/s1. The summed E-state index contributed by atoms with van der Waals surface area (Å²) in [5.74, 6) is 3.33. The van der Waals surface area contributed by atoms with Gasteiger partial charge in [0, 0.05) is 5.56 Å². The molecule has 2 saturated carbocycles. The van der Waals surface area contributed by atoms with Crippen LogP contribution in [0.15, 0.2) is 24.3 Å². The summed E-state index contributed by atoms with van der Waals surface area (Å²) in [6.45, 7) is 2.32. The smallest absolute Gasteiger partial charge is 0.205 e. The lowest BCUT2D eigenvalue weighted by molar-refractivity contribution is 0.151. The minimum absolute atomic E-state index is 0.152. The third-order valence-electron chi connectivity index (χ3n) is 6.51. The summed E-state index contributed by atoms with van der Waals surface area (Å²) < 4.78 is 25.4. The molecule has 0 heterocycles. The van der Waals surface area contributed by atoms with Crippen LogP contribution in [0.25, 0.3) is 0 Å². The van der Waals surface area contributed by atoms with Crippen LogP contribution in [0.5, 0.6) is 0 Å². The van der Waals surface area contributed by atoms with Gasteiger partial charge in [-0.1, -0.05) is 63.3 Å². The van der Waals surface area contributed by atoms with Crippen molar-refractivity contribution in [1.29, 1.82) is 0 Å². The van der Waals surface area contributed by atoms with Crippen molar-refractivity contribution in [2.75, 3.05) is 0 Å². The van der Waals surface area contributed by atoms with Gasteiger partial charge >= 0.3 is 0 Å². The summed E-state index contributed by atoms with van der Waals surface area (Å²) in [5.41, 5.74) is 1.43. The molecule has 1 aromatic carbocycles. The van der Waals surface area contributed by atoms with E-state index in [0.29, 0.717) is 5.92 Å². The van der Waals surface area contributed by atoms with Gasteiger partial charge in [0.05, 0.1) is 0 Å². The lowest BCUT2D eigenvalue weighted by Gasteiger charge is -2.38. The van der Waals surface area contributed by atoms with Crippen molar-refractivity contribution in [2.24, 2.45) is 17.8 Å². The topological polar surface area (TPSA) is 0 Å². The molecule has 0 saturated heterocycles. The lowest BCUT2D eigenvalue weighted by Crippen LogP contribution is -2.26. The van der Waals surface area contributed by atoms with Gasteiger partial charge in [-0.25, -0.2) is 8.78 Å². The van der Waals surface area contributed by atoms with E-state index in [4.69, 9.17) is 0 Å². The average molecular weight is 320 g/mol. The predicted octanol–water partition coefficient (Wildman–Crippen LogP) is 7.11. The molecule has 0 aromatic heterocycles. The van der Waals surface area contributed by atoms with Crippen molar-refractivity contribution < 1.29 is 8.78 Å². The number of halogens is 2. The highest BCUT2D eigenvalue weighted by Gasteiger charge is 2.31. The first-order valence-electron chi connectivity index (χ1n) is 9.55. The maximum Gasteiger partial charge on any atom is 0.263 e. The number of hydrogen-bond donors (Lipinski definition) is 0. The maximum atomic E-state index is 12.7. The summed E-state index contributed by atoms with van der Waals surface area (Å²) in [4.78, 5) is 0. The second kappa shape index (κ2) is 7.77. The van der Waals surface area contributed by atoms with E-state index in [1.54, 1.807) is 12.1 Å². The van der Waals surface area contributed by atoms with E-state index >= 15 is 0 Å². The molecule has 0 aliphatic heterocycles. The molecule has 23 heavy (non-hydrogen) atoms. The summed E-state index contributed by atoms with van der Waals surface area (Å²) in [6.07, 6.45) is 9.86. The first-order chi connectivity index (χ1) is 11.2. The van der Waals surface area contributed by atoms with Gasteiger partial charge in [0.2, 0.25) is 0 Å². The molecule has 2 heteroatoms. The van der Waals surface area contributed by atoms with E-state index in [0.717, 1.165) is 17.8 Å². The van der Waals surface area contributed by atoms with E-state index in [2.05, 4.69) is 6.92 Å². The SMILES string of the molecule is CCC1CCC([C@H]2CCC[C@H](c3ccc(C(F)F)cc3)C2)CC1. The maximum absolute atomic E-state index is 12.7. The molecule has 0 radical (unpaired) electrons. The van der Waals surface area contributed by atoms with Crippen molar-refractivity contribution in [3.8, 4) is 0 Å². The van der Waals surface area contributed by atoms with Crippen LogP contribution in [0.2, 0.25) is 0 Å². The highest BCUT2D eigenvalue weighted by Crippen LogP contribution is 2.45. The normalized spacial score (nSPS) is 32.2. The van der Waals surface area contributed by atoms with Crippen molar-refractivity contribution in [2.45, 2.75) is 77.1 Å². The molecule has 1 aromatic rings. The Morgan fingerprint density at radius 3 is 2.22 bits per heavy atom. The highest BCUT2D eigenvalue weighted by atomic mass is 19.3. The van der Waals surface area contributed by atoms with Crippen LogP contribution in [-0.2, 0) is 0 Å². The van der Waals surface area contributed by atoms with E-state index in [9.17, 15) is 8.78 Å².